The quantitative estimate of drug-likeness (QED) is 0.0519. The van der Waals surface area contributed by atoms with Gasteiger partial charge in [-0.05, 0) is 111 Å². The Bertz CT molecular complexity index is 3350. The molecule has 2 aliphatic heterocycles. The van der Waals surface area contributed by atoms with Crippen LogP contribution in [0.4, 0.5) is 11.4 Å². The van der Waals surface area contributed by atoms with Crippen LogP contribution in [0.1, 0.15) is 109 Å². The van der Waals surface area contributed by atoms with Gasteiger partial charge in [0.1, 0.15) is 23.0 Å². The van der Waals surface area contributed by atoms with Gasteiger partial charge in [0.15, 0.2) is 62.6 Å². The molecule has 0 saturated heterocycles. The number of anilines is 2. The van der Waals surface area contributed by atoms with Crippen molar-refractivity contribution >= 4 is 59.5 Å². The molecule has 0 unspecified atom stereocenters. The summed E-state index contributed by atoms with van der Waals surface area (Å²) in [4.78, 5) is 91.0. The molecule has 0 aromatic heterocycles. The van der Waals surface area contributed by atoms with Gasteiger partial charge >= 0.3 is 23.9 Å². The first kappa shape index (κ1) is 64.4. The minimum atomic E-state index is -0.666. The molecule has 6 aromatic rings. The number of phenolic OH excluding ortho intramolecular Hbond substituents is 2. The zero-order valence-electron chi connectivity index (χ0n) is 50.6. The van der Waals surface area contributed by atoms with Crippen LogP contribution in [0.3, 0.4) is 0 Å². The second kappa shape index (κ2) is 31.2. The summed E-state index contributed by atoms with van der Waals surface area (Å²) >= 11 is 0. The number of carbonyl (C=O) groups excluding carboxylic acids is 6. The second-order valence-electron chi connectivity index (χ2n) is 21.2. The Morgan fingerprint density at radius 3 is 1.07 bits per heavy atom. The van der Waals surface area contributed by atoms with Crippen molar-refractivity contribution < 1.29 is 86.3 Å². The van der Waals surface area contributed by atoms with E-state index in [2.05, 4.69) is 10.6 Å². The van der Waals surface area contributed by atoms with E-state index in [-0.39, 0.29) is 122 Å². The van der Waals surface area contributed by atoms with Gasteiger partial charge in [0.25, 0.3) is 11.8 Å². The number of esters is 4. The molecule has 2 aliphatic carbocycles. The summed E-state index contributed by atoms with van der Waals surface area (Å²) in [7, 11) is 0. The average Bonchev–Trinajstić information content (AvgIpc) is 0.824. The molecule has 2 amide bonds. The molecule has 14 bridgehead atoms. The number of carbonyl (C=O) groups is 6. The number of rotatable bonds is 16. The number of hydrogen-bond acceptors (Lipinski definition) is 20. The third kappa shape index (κ3) is 16.9. The Kier molecular flexibility index (Phi) is 22.3. The number of ether oxygens (including phenoxy) is 10. The smallest absolute Gasteiger partial charge is 0.344 e. The van der Waals surface area contributed by atoms with E-state index in [1.807, 2.05) is 0 Å². The Balaban J connectivity index is 1.26. The molecule has 6 aromatic carbocycles. The number of hydrogen-bond donors (Lipinski definition) is 4. The monoisotopic (exact) mass is 1230 g/mol. The van der Waals surface area contributed by atoms with E-state index in [0.29, 0.717) is 68.5 Å². The second-order valence-corrected chi connectivity index (χ2v) is 21.2. The van der Waals surface area contributed by atoms with Crippen molar-refractivity contribution in [3.8, 4) is 46.0 Å². The number of para-hydroxylation sites is 4. The largest absolute Gasteiger partial charge is 0.504 e. The van der Waals surface area contributed by atoms with Gasteiger partial charge < -0.3 is 68.2 Å². The molecule has 0 spiro atoms. The summed E-state index contributed by atoms with van der Waals surface area (Å²) in [5, 5.41) is 29.0. The van der Waals surface area contributed by atoms with Crippen molar-refractivity contribution in [2.45, 2.75) is 91.1 Å². The van der Waals surface area contributed by atoms with Crippen LogP contribution in [-0.4, -0.2) is 136 Å². The highest BCUT2D eigenvalue weighted by atomic mass is 16.6. The van der Waals surface area contributed by atoms with Gasteiger partial charge in [-0.3, -0.25) is 19.6 Å². The van der Waals surface area contributed by atoms with Gasteiger partial charge in [0.2, 0.25) is 0 Å². The summed E-state index contributed by atoms with van der Waals surface area (Å²) in [5.74, 6) is -3.47. The Hall–Kier alpha value is -10.1. The highest BCUT2D eigenvalue weighted by Gasteiger charge is 2.28. The lowest BCUT2D eigenvalue weighted by Crippen LogP contribution is -2.27. The third-order valence-corrected chi connectivity index (χ3v) is 14.8. The van der Waals surface area contributed by atoms with Gasteiger partial charge in [-0.2, -0.15) is 0 Å². The van der Waals surface area contributed by atoms with E-state index in [4.69, 9.17) is 57.4 Å². The van der Waals surface area contributed by atoms with E-state index in [9.17, 15) is 39.0 Å². The maximum Gasteiger partial charge on any atom is 0.344 e. The van der Waals surface area contributed by atoms with E-state index in [1.54, 1.807) is 125 Å². The van der Waals surface area contributed by atoms with Crippen molar-refractivity contribution in [3.05, 3.63) is 153 Å². The number of nitrogens with zero attached hydrogens (tertiary/aromatic N) is 2. The lowest BCUT2D eigenvalue weighted by atomic mass is 9.90. The van der Waals surface area contributed by atoms with Gasteiger partial charge in [0, 0.05) is 82.9 Å². The minimum absolute atomic E-state index is 0.0144. The number of amides is 2. The molecule has 472 valence electrons. The van der Waals surface area contributed by atoms with E-state index < -0.39 is 75.3 Å². The number of aromatic hydroxyl groups is 2. The number of phenols is 2. The molecule has 0 radical (unpaired) electrons. The van der Waals surface area contributed by atoms with Crippen molar-refractivity contribution in [3.63, 3.8) is 0 Å². The highest BCUT2D eigenvalue weighted by molar-refractivity contribution is 5.94. The highest BCUT2D eigenvalue weighted by Crippen LogP contribution is 2.42. The summed E-state index contributed by atoms with van der Waals surface area (Å²) in [5.41, 5.74) is 4.85. The fraction of sp³-hybridized carbons (Fsp3) is 0.353. The first-order chi connectivity index (χ1) is 43.7. The Morgan fingerprint density at radius 1 is 0.456 bits per heavy atom. The molecule has 4 N–H and O–H groups in total. The first-order valence-corrected chi connectivity index (χ1v) is 29.9. The third-order valence-electron chi connectivity index (χ3n) is 14.8. The summed E-state index contributed by atoms with van der Waals surface area (Å²) in [6.45, 7) is 3.72. The lowest BCUT2D eigenvalue weighted by Gasteiger charge is -2.25. The van der Waals surface area contributed by atoms with E-state index in [1.165, 1.54) is 12.1 Å². The van der Waals surface area contributed by atoms with Crippen LogP contribution in [0, 0.1) is 0 Å². The fourth-order valence-corrected chi connectivity index (χ4v) is 10.9. The predicted octanol–water partition coefficient (Wildman–Crippen LogP) is 8.74. The summed E-state index contributed by atoms with van der Waals surface area (Å²) in [6, 6.07) is 26.5. The topological polar surface area (TPSA) is 284 Å². The van der Waals surface area contributed by atoms with Crippen LogP contribution in [0.25, 0.3) is 0 Å². The number of benzene rings is 6. The van der Waals surface area contributed by atoms with Crippen LogP contribution in [0.2, 0.25) is 0 Å². The molecule has 22 heteroatoms. The average molecular weight is 1230 g/mol. The van der Waals surface area contributed by atoms with Crippen LogP contribution in [-0.2, 0) is 73.4 Å². The zero-order chi connectivity index (χ0) is 63.5. The van der Waals surface area contributed by atoms with Crippen LogP contribution >= 0.6 is 0 Å². The molecule has 22 nitrogen and oxygen atoms in total. The van der Waals surface area contributed by atoms with Crippen LogP contribution in [0.5, 0.6) is 46.0 Å². The maximum atomic E-state index is 14.2. The first-order valence-electron chi connectivity index (χ1n) is 29.9. The molecule has 90 heavy (non-hydrogen) atoms. The van der Waals surface area contributed by atoms with Gasteiger partial charge in [-0.1, -0.05) is 61.4 Å². The number of nitrogens with one attached hydrogen (secondary N) is 2. The molecule has 1 saturated carbocycles. The van der Waals surface area contributed by atoms with Crippen LogP contribution in [0.15, 0.2) is 107 Å². The minimum Gasteiger partial charge on any atom is -0.504 e. The molecule has 4 aliphatic rings. The maximum absolute atomic E-state index is 14.2. The van der Waals surface area contributed by atoms with Gasteiger partial charge in [0.05, 0.1) is 38.5 Å². The normalized spacial score (nSPS) is 15.6. The Morgan fingerprint density at radius 2 is 0.756 bits per heavy atom. The fourth-order valence-electron chi connectivity index (χ4n) is 10.9. The van der Waals surface area contributed by atoms with Crippen molar-refractivity contribution in [2.24, 2.45) is 9.98 Å². The van der Waals surface area contributed by atoms with Crippen molar-refractivity contribution in [1.29, 1.82) is 0 Å². The van der Waals surface area contributed by atoms with E-state index >= 15 is 0 Å². The standard InChI is InChI=1S/C68H72N4O18/c1-5-81-59(75)37-87-65-41-15-11-16-42(65)26-48-30-52-32-50(68(48)90-40-62(78)84-8-4)28-44-18-12-17-43(66(44)88-38-60(76)82-6-2)27-49-31-51(29-47(25-41)67(49)89-39-61(77)83-7-3)71-57(73)35-85-55-23-13-19-45(63(55)79)33-69-53-21-9-10-22-54(53)70-34-46-20-14-24-56(64(46)80)86-36-58(74)72-52/h11-20,23-24,29-34,53-54,79-80H,5-10,21-22,25-28,35-40H2,1-4H3,(H,71,73)(H,72,74)/t53-,54+. The Labute approximate surface area is 520 Å². The van der Waals surface area contributed by atoms with Crippen LogP contribution < -0.4 is 39.1 Å². The molecular weight excluding hydrogens is 1160 g/mol. The van der Waals surface area contributed by atoms with E-state index in [0.717, 1.165) is 12.8 Å². The SMILES string of the molecule is CCOC(=O)COc1c2cccc1Cc1cc3cc(c1OCC(=O)OCC)Cc1cccc(c1OCC(=O)OCC)Cc1cc(cc(c1OCC(=O)OCC)C2)NC(=O)COc1cccc(c1O)C=N[C@H]1CCCC[C@H]1N=Cc1cccc(c1O)OCC(=O)N3. The van der Waals surface area contributed by atoms with Crippen molar-refractivity contribution in [2.75, 3.05) is 76.7 Å². The molecule has 2 atom stereocenters. The van der Waals surface area contributed by atoms with Gasteiger partial charge in [-0.25, -0.2) is 19.2 Å². The summed E-state index contributed by atoms with van der Waals surface area (Å²) in [6.07, 6.45) is 6.18. The summed E-state index contributed by atoms with van der Waals surface area (Å²) < 4.78 is 59.2. The lowest BCUT2D eigenvalue weighted by molar-refractivity contribution is -0.146. The van der Waals surface area contributed by atoms with Crippen molar-refractivity contribution in [1.82, 2.24) is 0 Å². The zero-order valence-corrected chi connectivity index (χ0v) is 50.6. The number of fused-ring (bicyclic) bond motifs is 6. The number of aliphatic imine (C=N–C) groups is 2. The molecule has 10 rings (SSSR count). The predicted molar refractivity (Wildman–Crippen MR) is 331 cm³/mol. The molecular formula is C68H72N4O18. The molecule has 2 heterocycles. The van der Waals surface area contributed by atoms with Gasteiger partial charge in [-0.15, -0.1) is 0 Å². The molecule has 1 fully saturated rings.